The minimum absolute atomic E-state index is 0.00168. The first-order chi connectivity index (χ1) is 21.3. The molecule has 5 heterocycles. The number of phenols is 1. The fourth-order valence-corrected chi connectivity index (χ4v) is 8.33. The number of aromatic nitrogens is 3. The van der Waals surface area contributed by atoms with Gasteiger partial charge in [-0.05, 0) is 60.7 Å². The van der Waals surface area contributed by atoms with Gasteiger partial charge in [-0.15, -0.1) is 0 Å². The first-order valence-corrected chi connectivity index (χ1v) is 15.5. The highest BCUT2D eigenvalue weighted by Gasteiger charge is 2.52. The fraction of sp³-hybridized carbons (Fsp3) is 0.485. The molecule has 11 heteroatoms. The molecule has 0 radical (unpaired) electrons. The third kappa shape index (κ3) is 4.16. The summed E-state index contributed by atoms with van der Waals surface area (Å²) in [5, 5.41) is 33.7. The second kappa shape index (κ2) is 10.2. The summed E-state index contributed by atoms with van der Waals surface area (Å²) < 4.78 is 37.4. The van der Waals surface area contributed by atoms with Crippen LogP contribution in [0.2, 0.25) is 0 Å². The molecule has 0 amide bonds. The van der Waals surface area contributed by atoms with E-state index in [1.54, 1.807) is 6.07 Å². The van der Waals surface area contributed by atoms with E-state index in [1.807, 2.05) is 30.0 Å². The lowest BCUT2D eigenvalue weighted by Crippen LogP contribution is -2.49. The Morgan fingerprint density at radius 3 is 2.80 bits per heavy atom. The number of aliphatic hydroxyl groups is 2. The molecule has 2 aromatic carbocycles. The summed E-state index contributed by atoms with van der Waals surface area (Å²) in [5.74, 6) is -0.437. The minimum atomic E-state index is -0.961. The van der Waals surface area contributed by atoms with E-state index in [1.165, 1.54) is 12.3 Å². The SMILES string of the molecule is CCc1cccc2cc(O)cc(-c3ncc4c(N5C[C@H]6C[C@@H]5[C@H](O)[C@@H]6O)nc(OC[C@@]56CCCN5C[C@H](F)C6)nc4c3F)c12. The number of alkyl halides is 1. The number of rotatable bonds is 6. The molecule has 2 aromatic heterocycles. The number of halogens is 2. The zero-order valence-corrected chi connectivity index (χ0v) is 24.5. The van der Waals surface area contributed by atoms with Crippen molar-refractivity contribution in [2.24, 2.45) is 5.92 Å². The maximum atomic E-state index is 16.8. The van der Waals surface area contributed by atoms with Crippen molar-refractivity contribution in [1.82, 2.24) is 19.9 Å². The van der Waals surface area contributed by atoms with E-state index >= 15 is 4.39 Å². The second-order valence-corrected chi connectivity index (χ2v) is 12.9. The van der Waals surface area contributed by atoms with Gasteiger partial charge in [0.15, 0.2) is 5.82 Å². The summed E-state index contributed by atoms with van der Waals surface area (Å²) in [6, 6.07) is 8.53. The Bertz CT molecular complexity index is 1790. The Morgan fingerprint density at radius 1 is 1.14 bits per heavy atom. The lowest BCUT2D eigenvalue weighted by molar-refractivity contribution is 0.00290. The minimum Gasteiger partial charge on any atom is -0.508 e. The van der Waals surface area contributed by atoms with Crippen LogP contribution in [0.1, 0.15) is 38.2 Å². The lowest BCUT2D eigenvalue weighted by Gasteiger charge is -2.35. The maximum Gasteiger partial charge on any atom is 0.319 e. The van der Waals surface area contributed by atoms with Gasteiger partial charge in [0.25, 0.3) is 0 Å². The molecule has 0 unspecified atom stereocenters. The molecule has 8 rings (SSSR count). The van der Waals surface area contributed by atoms with Crippen LogP contribution in [-0.2, 0) is 6.42 Å². The number of phenolic OH excluding ortho intramolecular Hbond substituents is 1. The van der Waals surface area contributed by atoms with Crippen LogP contribution in [0, 0.1) is 11.7 Å². The number of pyridine rings is 1. The number of aromatic hydroxyl groups is 1. The lowest BCUT2D eigenvalue weighted by atomic mass is 9.95. The zero-order chi connectivity index (χ0) is 30.3. The maximum absolute atomic E-state index is 16.8. The van der Waals surface area contributed by atoms with Crippen molar-refractivity contribution in [3.05, 3.63) is 47.9 Å². The molecule has 2 bridgehead atoms. The van der Waals surface area contributed by atoms with Gasteiger partial charge in [0.05, 0.1) is 23.1 Å². The van der Waals surface area contributed by atoms with Crippen molar-refractivity contribution in [1.29, 1.82) is 0 Å². The molecule has 1 aliphatic carbocycles. The van der Waals surface area contributed by atoms with Crippen molar-refractivity contribution in [2.75, 3.05) is 31.1 Å². The molecule has 3 saturated heterocycles. The summed E-state index contributed by atoms with van der Waals surface area (Å²) in [7, 11) is 0. The van der Waals surface area contributed by atoms with E-state index < -0.39 is 35.8 Å². The highest BCUT2D eigenvalue weighted by Crippen LogP contribution is 2.45. The number of ether oxygens (including phenoxy) is 1. The fourth-order valence-electron chi connectivity index (χ4n) is 8.33. The normalized spacial score (nSPS) is 29.8. The first kappa shape index (κ1) is 27.8. The van der Waals surface area contributed by atoms with Crippen LogP contribution in [0.4, 0.5) is 14.6 Å². The Kier molecular flexibility index (Phi) is 6.44. The predicted molar refractivity (Wildman–Crippen MR) is 161 cm³/mol. The number of nitrogens with zero attached hydrogens (tertiary/aromatic N) is 5. The topological polar surface area (TPSA) is 115 Å². The van der Waals surface area contributed by atoms with E-state index in [9.17, 15) is 19.7 Å². The van der Waals surface area contributed by atoms with E-state index in [-0.39, 0.29) is 35.5 Å². The number of anilines is 1. The van der Waals surface area contributed by atoms with Crippen molar-refractivity contribution < 1.29 is 28.8 Å². The quantitative estimate of drug-likeness (QED) is 0.299. The van der Waals surface area contributed by atoms with Crippen LogP contribution >= 0.6 is 0 Å². The number of piperidine rings is 1. The molecule has 6 atom stereocenters. The van der Waals surface area contributed by atoms with Gasteiger partial charge < -0.3 is 25.0 Å². The van der Waals surface area contributed by atoms with Gasteiger partial charge in [-0.3, -0.25) is 9.88 Å². The summed E-state index contributed by atoms with van der Waals surface area (Å²) in [4.78, 5) is 17.9. The van der Waals surface area contributed by atoms with Gasteiger partial charge in [-0.25, -0.2) is 8.78 Å². The average Bonchev–Trinajstić information content (AvgIpc) is 3.76. The summed E-state index contributed by atoms with van der Waals surface area (Å²) in [6.07, 6.45) is 2.26. The van der Waals surface area contributed by atoms with E-state index in [0.717, 1.165) is 35.7 Å². The zero-order valence-electron chi connectivity index (χ0n) is 24.5. The van der Waals surface area contributed by atoms with Gasteiger partial charge in [-0.2, -0.15) is 9.97 Å². The largest absolute Gasteiger partial charge is 0.508 e. The Morgan fingerprint density at radius 2 is 2.00 bits per heavy atom. The molecule has 44 heavy (non-hydrogen) atoms. The van der Waals surface area contributed by atoms with Gasteiger partial charge in [0, 0.05) is 37.2 Å². The van der Waals surface area contributed by atoms with Crippen LogP contribution in [0.15, 0.2) is 36.5 Å². The summed E-state index contributed by atoms with van der Waals surface area (Å²) in [6.45, 7) is 3.84. The monoisotopic (exact) mass is 603 g/mol. The Balaban J connectivity index is 1.27. The first-order valence-electron chi connectivity index (χ1n) is 15.5. The Hall–Kier alpha value is -3.67. The van der Waals surface area contributed by atoms with Crippen molar-refractivity contribution >= 4 is 27.5 Å². The molecule has 230 valence electrons. The molecule has 4 fully saturated rings. The molecular formula is C33H35F2N5O4. The van der Waals surface area contributed by atoms with Gasteiger partial charge >= 0.3 is 6.01 Å². The number of benzene rings is 2. The Labute approximate surface area is 253 Å². The molecule has 3 aliphatic heterocycles. The number of aryl methyl sites for hydroxylation is 1. The molecule has 0 spiro atoms. The molecule has 3 N–H and O–H groups in total. The molecule has 9 nitrogen and oxygen atoms in total. The molecule has 4 aliphatic rings. The van der Waals surface area contributed by atoms with Crippen LogP contribution in [0.5, 0.6) is 11.8 Å². The molecular weight excluding hydrogens is 568 g/mol. The van der Waals surface area contributed by atoms with E-state index in [0.29, 0.717) is 49.1 Å². The molecule has 4 aromatic rings. The van der Waals surface area contributed by atoms with Gasteiger partial charge in [0.2, 0.25) is 0 Å². The van der Waals surface area contributed by atoms with Crippen LogP contribution in [0.3, 0.4) is 0 Å². The smallest absolute Gasteiger partial charge is 0.319 e. The van der Waals surface area contributed by atoms with E-state index in [2.05, 4.69) is 14.9 Å². The summed E-state index contributed by atoms with van der Waals surface area (Å²) >= 11 is 0. The van der Waals surface area contributed by atoms with Crippen molar-refractivity contribution in [3.63, 3.8) is 0 Å². The highest BCUT2D eigenvalue weighted by molar-refractivity contribution is 6.01. The van der Waals surface area contributed by atoms with Gasteiger partial charge in [-0.1, -0.05) is 25.1 Å². The van der Waals surface area contributed by atoms with Crippen LogP contribution < -0.4 is 9.64 Å². The van der Waals surface area contributed by atoms with Crippen LogP contribution in [0.25, 0.3) is 32.9 Å². The molecule has 1 saturated carbocycles. The number of hydrogen-bond acceptors (Lipinski definition) is 9. The number of hydrogen-bond donors (Lipinski definition) is 3. The van der Waals surface area contributed by atoms with Crippen LogP contribution in [-0.4, -0.2) is 91.4 Å². The number of aliphatic hydroxyl groups excluding tert-OH is 2. The second-order valence-electron chi connectivity index (χ2n) is 12.9. The highest BCUT2D eigenvalue weighted by atomic mass is 19.1. The standard InChI is InChI=1S/C33H35F2N5O4/c1-2-17-5-3-6-18-9-21(41)11-22(25(17)18)27-26(35)28-23(13-36-27)31(40-14-19-10-24(40)30(43)29(19)42)38-32(37-28)44-16-33-7-4-8-39(33)15-20(34)12-33/h3,5-6,9,11,13,19-20,24,29-30,41-43H,2,4,7-8,10,12,14-16H2,1H3/t19-,20-,24-,29-,30+,33+/m1/s1. The predicted octanol–water partition coefficient (Wildman–Crippen LogP) is 4.14. The van der Waals surface area contributed by atoms with E-state index in [4.69, 9.17) is 9.72 Å². The number of fused-ring (bicyclic) bond motifs is 5. The van der Waals surface area contributed by atoms with Gasteiger partial charge in [0.1, 0.15) is 41.7 Å². The third-order valence-electron chi connectivity index (χ3n) is 10.4. The van der Waals surface area contributed by atoms with Crippen molar-refractivity contribution in [3.8, 4) is 23.0 Å². The summed E-state index contributed by atoms with van der Waals surface area (Å²) in [5.41, 5.74) is 1.07. The average molecular weight is 604 g/mol. The third-order valence-corrected chi connectivity index (χ3v) is 10.4. The van der Waals surface area contributed by atoms with Crippen molar-refractivity contribution in [2.45, 2.75) is 69.0 Å².